The molecule has 0 amide bonds. The van der Waals surface area contributed by atoms with Gasteiger partial charge in [-0.25, -0.2) is 4.98 Å². The van der Waals surface area contributed by atoms with Crippen LogP contribution in [-0.2, 0) is 4.79 Å². The van der Waals surface area contributed by atoms with E-state index < -0.39 is 5.97 Å². The van der Waals surface area contributed by atoms with E-state index in [-0.39, 0.29) is 5.92 Å². The molecule has 1 atom stereocenters. The van der Waals surface area contributed by atoms with E-state index in [1.165, 1.54) is 0 Å². The average molecular weight is 208 g/mol. The van der Waals surface area contributed by atoms with Crippen LogP contribution in [0.1, 0.15) is 13.3 Å². The number of pyridine rings is 1. The number of carbonyl (C=O) groups is 1. The van der Waals surface area contributed by atoms with Crippen molar-refractivity contribution >= 4 is 11.8 Å². The van der Waals surface area contributed by atoms with Crippen molar-refractivity contribution in [2.45, 2.75) is 13.3 Å². The van der Waals surface area contributed by atoms with Gasteiger partial charge < -0.3 is 10.0 Å². The van der Waals surface area contributed by atoms with E-state index in [0.29, 0.717) is 13.0 Å². The van der Waals surface area contributed by atoms with Crippen molar-refractivity contribution in [3.63, 3.8) is 0 Å². The normalized spacial score (nSPS) is 12.1. The largest absolute Gasteiger partial charge is 0.481 e. The summed E-state index contributed by atoms with van der Waals surface area (Å²) in [6, 6.07) is 5.68. The standard InChI is InChI=1S/C11H16N2O2/c1-9(11(14)15)6-8-13(2)10-5-3-4-7-12-10/h3-5,7,9H,6,8H2,1-2H3,(H,14,15). The predicted molar refractivity (Wildman–Crippen MR) is 58.9 cm³/mol. The molecule has 0 aliphatic heterocycles. The summed E-state index contributed by atoms with van der Waals surface area (Å²) in [5, 5.41) is 8.73. The molecule has 0 aromatic carbocycles. The summed E-state index contributed by atoms with van der Waals surface area (Å²) in [7, 11) is 1.91. The molecule has 1 rings (SSSR count). The number of hydrogen-bond donors (Lipinski definition) is 1. The van der Waals surface area contributed by atoms with Gasteiger partial charge in [0.1, 0.15) is 5.82 Å². The molecule has 0 aliphatic rings. The highest BCUT2D eigenvalue weighted by atomic mass is 16.4. The zero-order valence-electron chi connectivity index (χ0n) is 9.05. The number of nitrogens with zero attached hydrogens (tertiary/aromatic N) is 2. The Labute approximate surface area is 89.6 Å². The first-order chi connectivity index (χ1) is 7.11. The number of carboxylic acids is 1. The van der Waals surface area contributed by atoms with Crippen molar-refractivity contribution < 1.29 is 9.90 Å². The zero-order chi connectivity index (χ0) is 11.3. The third kappa shape index (κ3) is 3.58. The monoisotopic (exact) mass is 208 g/mol. The van der Waals surface area contributed by atoms with Gasteiger partial charge in [0, 0.05) is 19.8 Å². The summed E-state index contributed by atoms with van der Waals surface area (Å²) in [5.74, 6) is -0.185. The summed E-state index contributed by atoms with van der Waals surface area (Å²) < 4.78 is 0. The van der Waals surface area contributed by atoms with E-state index in [0.717, 1.165) is 5.82 Å². The Morgan fingerprint density at radius 3 is 2.87 bits per heavy atom. The number of rotatable bonds is 5. The summed E-state index contributed by atoms with van der Waals surface area (Å²) in [6.45, 7) is 2.42. The molecule has 0 aliphatic carbocycles. The molecule has 1 N–H and O–H groups in total. The van der Waals surface area contributed by atoms with Gasteiger partial charge in [0.2, 0.25) is 0 Å². The van der Waals surface area contributed by atoms with Crippen LogP contribution in [0, 0.1) is 5.92 Å². The zero-order valence-corrected chi connectivity index (χ0v) is 9.05. The summed E-state index contributed by atoms with van der Waals surface area (Å²) >= 11 is 0. The maximum absolute atomic E-state index is 10.6. The quantitative estimate of drug-likeness (QED) is 0.799. The van der Waals surface area contributed by atoms with Crippen molar-refractivity contribution in [2.24, 2.45) is 5.92 Å². The summed E-state index contributed by atoms with van der Waals surface area (Å²) in [4.78, 5) is 16.8. The molecule has 1 aromatic rings. The third-order valence-corrected chi connectivity index (χ3v) is 2.36. The van der Waals surface area contributed by atoms with E-state index in [2.05, 4.69) is 4.98 Å². The van der Waals surface area contributed by atoms with Crippen molar-refractivity contribution in [2.75, 3.05) is 18.5 Å². The van der Waals surface area contributed by atoms with E-state index in [1.807, 2.05) is 30.1 Å². The van der Waals surface area contributed by atoms with Gasteiger partial charge in [0.05, 0.1) is 5.92 Å². The fourth-order valence-corrected chi connectivity index (χ4v) is 1.20. The molecule has 4 heteroatoms. The Morgan fingerprint density at radius 2 is 2.33 bits per heavy atom. The second-order valence-electron chi connectivity index (χ2n) is 3.64. The fourth-order valence-electron chi connectivity index (χ4n) is 1.20. The highest BCUT2D eigenvalue weighted by Gasteiger charge is 2.11. The molecule has 0 saturated carbocycles. The predicted octanol–water partition coefficient (Wildman–Crippen LogP) is 1.63. The van der Waals surface area contributed by atoms with E-state index >= 15 is 0 Å². The molecule has 1 aromatic heterocycles. The Hall–Kier alpha value is -1.58. The first kappa shape index (κ1) is 11.5. The molecule has 15 heavy (non-hydrogen) atoms. The number of carboxylic acid groups (broad SMARTS) is 1. The van der Waals surface area contributed by atoms with Gasteiger partial charge in [0.15, 0.2) is 0 Å². The summed E-state index contributed by atoms with van der Waals surface area (Å²) in [5.41, 5.74) is 0. The van der Waals surface area contributed by atoms with Gasteiger partial charge in [0.25, 0.3) is 0 Å². The van der Waals surface area contributed by atoms with E-state index in [1.54, 1.807) is 13.1 Å². The molecule has 82 valence electrons. The third-order valence-electron chi connectivity index (χ3n) is 2.36. The van der Waals surface area contributed by atoms with Gasteiger partial charge in [-0.2, -0.15) is 0 Å². The van der Waals surface area contributed by atoms with Crippen molar-refractivity contribution in [3.8, 4) is 0 Å². The highest BCUT2D eigenvalue weighted by Crippen LogP contribution is 2.09. The minimum absolute atomic E-state index is 0.309. The lowest BCUT2D eigenvalue weighted by atomic mass is 10.1. The van der Waals surface area contributed by atoms with Crippen LogP contribution in [0.25, 0.3) is 0 Å². The van der Waals surface area contributed by atoms with Crippen molar-refractivity contribution in [1.82, 2.24) is 4.98 Å². The van der Waals surface area contributed by atoms with Crippen LogP contribution in [0.4, 0.5) is 5.82 Å². The van der Waals surface area contributed by atoms with Crippen LogP contribution in [0.3, 0.4) is 0 Å². The second kappa shape index (κ2) is 5.34. The minimum Gasteiger partial charge on any atom is -0.481 e. The molecular formula is C11H16N2O2. The number of hydrogen-bond acceptors (Lipinski definition) is 3. The Balaban J connectivity index is 2.43. The molecule has 0 fully saturated rings. The molecule has 0 saturated heterocycles. The smallest absolute Gasteiger partial charge is 0.306 e. The molecule has 4 nitrogen and oxygen atoms in total. The SMILES string of the molecule is CC(CCN(C)c1ccccn1)C(=O)O. The van der Waals surface area contributed by atoms with Crippen LogP contribution >= 0.6 is 0 Å². The van der Waals surface area contributed by atoms with Crippen molar-refractivity contribution in [1.29, 1.82) is 0 Å². The fraction of sp³-hybridized carbons (Fsp3) is 0.455. The van der Waals surface area contributed by atoms with Crippen LogP contribution in [0.15, 0.2) is 24.4 Å². The summed E-state index contributed by atoms with van der Waals surface area (Å²) in [6.07, 6.45) is 2.36. The number of anilines is 1. The molecule has 0 spiro atoms. The number of aromatic nitrogens is 1. The lowest BCUT2D eigenvalue weighted by molar-refractivity contribution is -0.141. The molecular weight excluding hydrogens is 192 g/mol. The van der Waals surface area contributed by atoms with Crippen molar-refractivity contribution in [3.05, 3.63) is 24.4 Å². The van der Waals surface area contributed by atoms with Gasteiger partial charge in [-0.1, -0.05) is 13.0 Å². The lowest BCUT2D eigenvalue weighted by Gasteiger charge is -2.18. The van der Waals surface area contributed by atoms with Crippen LogP contribution in [0.5, 0.6) is 0 Å². The van der Waals surface area contributed by atoms with Gasteiger partial charge >= 0.3 is 5.97 Å². The molecule has 0 bridgehead atoms. The second-order valence-corrected chi connectivity index (χ2v) is 3.64. The first-order valence-electron chi connectivity index (χ1n) is 4.96. The number of aliphatic carboxylic acids is 1. The van der Waals surface area contributed by atoms with Gasteiger partial charge in [-0.15, -0.1) is 0 Å². The van der Waals surface area contributed by atoms with Gasteiger partial charge in [-0.05, 0) is 18.6 Å². The highest BCUT2D eigenvalue weighted by molar-refractivity contribution is 5.69. The van der Waals surface area contributed by atoms with Crippen LogP contribution < -0.4 is 4.90 Å². The molecule has 1 heterocycles. The first-order valence-corrected chi connectivity index (χ1v) is 4.96. The topological polar surface area (TPSA) is 53.4 Å². The van der Waals surface area contributed by atoms with E-state index in [4.69, 9.17) is 5.11 Å². The molecule has 0 radical (unpaired) electrons. The minimum atomic E-state index is -0.746. The lowest BCUT2D eigenvalue weighted by Crippen LogP contribution is -2.23. The maximum Gasteiger partial charge on any atom is 0.306 e. The van der Waals surface area contributed by atoms with Gasteiger partial charge in [-0.3, -0.25) is 4.79 Å². The Kier molecular flexibility index (Phi) is 4.09. The van der Waals surface area contributed by atoms with Crippen LogP contribution in [0.2, 0.25) is 0 Å². The average Bonchev–Trinajstić information content (AvgIpc) is 2.26. The molecule has 1 unspecified atom stereocenters. The Morgan fingerprint density at radius 1 is 1.60 bits per heavy atom. The maximum atomic E-state index is 10.6. The Bertz CT molecular complexity index is 314. The van der Waals surface area contributed by atoms with Crippen LogP contribution in [-0.4, -0.2) is 29.7 Å². The van der Waals surface area contributed by atoms with E-state index in [9.17, 15) is 4.79 Å².